The Bertz CT molecular complexity index is 594. The van der Waals surface area contributed by atoms with Crippen LogP contribution in [0.1, 0.15) is 22.4 Å². The Balaban J connectivity index is 2.06. The Morgan fingerprint density at radius 2 is 1.86 bits per heavy atom. The summed E-state index contributed by atoms with van der Waals surface area (Å²) in [6.07, 6.45) is 1.82. The molecule has 4 heteroatoms. The number of hydrogen-bond donors (Lipinski definition) is 1. The van der Waals surface area contributed by atoms with Crippen molar-refractivity contribution in [3.8, 4) is 11.5 Å². The first-order chi connectivity index (χ1) is 10.2. The molecule has 0 amide bonds. The molecule has 2 aromatic rings. The molecule has 0 spiro atoms. The quantitative estimate of drug-likeness (QED) is 0.886. The van der Waals surface area contributed by atoms with Gasteiger partial charge in [0, 0.05) is 23.9 Å². The van der Waals surface area contributed by atoms with Crippen LogP contribution < -0.4 is 14.8 Å². The number of rotatable bonds is 6. The minimum atomic E-state index is 0.438. The van der Waals surface area contributed by atoms with Crippen LogP contribution in [0.5, 0.6) is 11.5 Å². The van der Waals surface area contributed by atoms with Gasteiger partial charge >= 0.3 is 0 Å². The first-order valence-electron chi connectivity index (χ1n) is 7.01. The summed E-state index contributed by atoms with van der Waals surface area (Å²) in [6, 6.07) is 8.07. The number of nitrogens with zero attached hydrogens (tertiary/aromatic N) is 1. The molecule has 21 heavy (non-hydrogen) atoms. The molecule has 1 aromatic carbocycles. The molecule has 0 fully saturated rings. The number of nitrogens with one attached hydrogen (secondary N) is 1. The maximum Gasteiger partial charge on any atom is 0.131 e. The molecule has 0 atom stereocenters. The summed E-state index contributed by atoms with van der Waals surface area (Å²) in [6.45, 7) is 5.29. The minimum absolute atomic E-state index is 0.438. The highest BCUT2D eigenvalue weighted by atomic mass is 16.5. The largest absolute Gasteiger partial charge is 0.496 e. The van der Waals surface area contributed by atoms with Crippen LogP contribution in [0.4, 0.5) is 0 Å². The average Bonchev–Trinajstić information content (AvgIpc) is 2.49. The second-order valence-corrected chi connectivity index (χ2v) is 5.01. The van der Waals surface area contributed by atoms with Gasteiger partial charge in [-0.1, -0.05) is 12.1 Å². The minimum Gasteiger partial charge on any atom is -0.496 e. The van der Waals surface area contributed by atoms with Gasteiger partial charge in [-0.2, -0.15) is 0 Å². The molecule has 1 aromatic heterocycles. The van der Waals surface area contributed by atoms with E-state index >= 15 is 0 Å². The van der Waals surface area contributed by atoms with E-state index in [0.29, 0.717) is 6.61 Å². The molecule has 0 aliphatic heterocycles. The van der Waals surface area contributed by atoms with Gasteiger partial charge in [0.1, 0.15) is 18.1 Å². The second-order valence-electron chi connectivity index (χ2n) is 5.01. The van der Waals surface area contributed by atoms with Gasteiger partial charge in [-0.3, -0.25) is 4.98 Å². The molecule has 0 aliphatic carbocycles. The summed E-state index contributed by atoms with van der Waals surface area (Å²) in [4.78, 5) is 4.43. The molecule has 2 rings (SSSR count). The van der Waals surface area contributed by atoms with Crippen LogP contribution in [0.25, 0.3) is 0 Å². The highest BCUT2D eigenvalue weighted by Crippen LogP contribution is 2.24. The normalized spacial score (nSPS) is 10.5. The van der Waals surface area contributed by atoms with Crippen molar-refractivity contribution in [2.45, 2.75) is 27.0 Å². The molecule has 112 valence electrons. The molecule has 0 saturated heterocycles. The first-order valence-corrected chi connectivity index (χ1v) is 7.01. The predicted octanol–water partition coefficient (Wildman–Crippen LogP) is 3.01. The number of benzene rings is 1. The van der Waals surface area contributed by atoms with Gasteiger partial charge in [0.2, 0.25) is 0 Å². The summed E-state index contributed by atoms with van der Waals surface area (Å²) in [5, 5.41) is 3.12. The van der Waals surface area contributed by atoms with Gasteiger partial charge in [0.25, 0.3) is 0 Å². The van der Waals surface area contributed by atoms with E-state index in [-0.39, 0.29) is 0 Å². The van der Waals surface area contributed by atoms with E-state index in [4.69, 9.17) is 9.47 Å². The van der Waals surface area contributed by atoms with E-state index < -0.39 is 0 Å². The third-order valence-corrected chi connectivity index (χ3v) is 3.43. The Kier molecular flexibility index (Phi) is 5.17. The van der Waals surface area contributed by atoms with Crippen molar-refractivity contribution in [1.82, 2.24) is 10.3 Å². The third-order valence-electron chi connectivity index (χ3n) is 3.43. The fourth-order valence-corrected chi connectivity index (χ4v) is 2.28. The summed E-state index contributed by atoms with van der Waals surface area (Å²) in [7, 11) is 3.62. The van der Waals surface area contributed by atoms with Crippen molar-refractivity contribution in [2.75, 3.05) is 14.2 Å². The number of methoxy groups -OCH3 is 1. The first kappa shape index (κ1) is 15.3. The lowest BCUT2D eigenvalue weighted by Gasteiger charge is -2.13. The Hall–Kier alpha value is -2.07. The Morgan fingerprint density at radius 3 is 2.48 bits per heavy atom. The van der Waals surface area contributed by atoms with Crippen molar-refractivity contribution in [3.63, 3.8) is 0 Å². The molecule has 0 radical (unpaired) electrons. The highest BCUT2D eigenvalue weighted by molar-refractivity contribution is 5.41. The number of aromatic nitrogens is 1. The van der Waals surface area contributed by atoms with Gasteiger partial charge in [-0.25, -0.2) is 0 Å². The maximum absolute atomic E-state index is 5.81. The van der Waals surface area contributed by atoms with Crippen molar-refractivity contribution in [3.05, 3.63) is 52.8 Å². The van der Waals surface area contributed by atoms with E-state index in [9.17, 15) is 0 Å². The van der Waals surface area contributed by atoms with Crippen molar-refractivity contribution in [1.29, 1.82) is 0 Å². The summed E-state index contributed by atoms with van der Waals surface area (Å²) in [5.74, 6) is 1.73. The zero-order valence-corrected chi connectivity index (χ0v) is 13.1. The SMILES string of the molecule is CNCc1ccc(OCc2ncc(C)c(OC)c2C)cc1. The number of ether oxygens (including phenoxy) is 2. The summed E-state index contributed by atoms with van der Waals surface area (Å²) >= 11 is 0. The van der Waals surface area contributed by atoms with Crippen molar-refractivity contribution < 1.29 is 9.47 Å². The third kappa shape index (κ3) is 3.73. The van der Waals surface area contributed by atoms with Crippen molar-refractivity contribution in [2.24, 2.45) is 0 Å². The fraction of sp³-hybridized carbons (Fsp3) is 0.353. The monoisotopic (exact) mass is 286 g/mol. The van der Waals surface area contributed by atoms with Gasteiger partial charge in [-0.15, -0.1) is 0 Å². The van der Waals surface area contributed by atoms with Gasteiger partial charge in [-0.05, 0) is 38.6 Å². The van der Waals surface area contributed by atoms with Crippen LogP contribution in [-0.2, 0) is 13.2 Å². The zero-order chi connectivity index (χ0) is 15.2. The van der Waals surface area contributed by atoms with Crippen molar-refractivity contribution >= 4 is 0 Å². The van der Waals surface area contributed by atoms with E-state index in [0.717, 1.165) is 34.9 Å². The predicted molar refractivity (Wildman–Crippen MR) is 83.8 cm³/mol. The summed E-state index contributed by atoms with van der Waals surface area (Å²) < 4.78 is 11.2. The molecule has 0 aliphatic rings. The van der Waals surface area contributed by atoms with Crippen LogP contribution in [-0.4, -0.2) is 19.1 Å². The lowest BCUT2D eigenvalue weighted by molar-refractivity contribution is 0.298. The number of pyridine rings is 1. The number of aryl methyl sites for hydroxylation is 1. The highest BCUT2D eigenvalue weighted by Gasteiger charge is 2.09. The Labute approximate surface area is 126 Å². The molecule has 0 bridgehead atoms. The zero-order valence-electron chi connectivity index (χ0n) is 13.1. The second kappa shape index (κ2) is 7.09. The molecular weight excluding hydrogens is 264 g/mol. The molecular formula is C17H22N2O2. The standard InChI is InChI=1S/C17H22N2O2/c1-12-9-19-16(13(2)17(12)20-4)11-21-15-7-5-14(6-8-15)10-18-3/h5-9,18H,10-11H2,1-4H3. The van der Waals surface area contributed by atoms with E-state index in [2.05, 4.69) is 22.4 Å². The van der Waals surface area contributed by atoms with E-state index in [1.165, 1.54) is 5.56 Å². The number of hydrogen-bond acceptors (Lipinski definition) is 4. The lowest BCUT2D eigenvalue weighted by Crippen LogP contribution is -2.05. The molecule has 1 heterocycles. The smallest absolute Gasteiger partial charge is 0.131 e. The topological polar surface area (TPSA) is 43.4 Å². The van der Waals surface area contributed by atoms with Gasteiger partial charge < -0.3 is 14.8 Å². The summed E-state index contributed by atoms with van der Waals surface area (Å²) in [5.41, 5.74) is 4.20. The van der Waals surface area contributed by atoms with Gasteiger partial charge in [0.05, 0.1) is 12.8 Å². The van der Waals surface area contributed by atoms with Crippen LogP contribution in [0.3, 0.4) is 0 Å². The van der Waals surface area contributed by atoms with Crippen LogP contribution in [0.2, 0.25) is 0 Å². The molecule has 0 saturated carbocycles. The molecule has 0 unspecified atom stereocenters. The van der Waals surface area contributed by atoms with Gasteiger partial charge in [0.15, 0.2) is 0 Å². The Morgan fingerprint density at radius 1 is 1.14 bits per heavy atom. The van der Waals surface area contributed by atoms with Crippen LogP contribution in [0, 0.1) is 13.8 Å². The van der Waals surface area contributed by atoms with E-state index in [1.807, 2.05) is 39.2 Å². The molecule has 1 N–H and O–H groups in total. The average molecular weight is 286 g/mol. The fourth-order valence-electron chi connectivity index (χ4n) is 2.28. The molecule has 4 nitrogen and oxygen atoms in total. The van der Waals surface area contributed by atoms with Crippen LogP contribution in [0.15, 0.2) is 30.5 Å². The maximum atomic E-state index is 5.81. The van der Waals surface area contributed by atoms with E-state index in [1.54, 1.807) is 7.11 Å². The van der Waals surface area contributed by atoms with Crippen LogP contribution >= 0.6 is 0 Å². The lowest BCUT2D eigenvalue weighted by atomic mass is 10.1.